The second kappa shape index (κ2) is 6.60. The second-order valence-electron chi connectivity index (χ2n) is 6.34. The van der Waals surface area contributed by atoms with Gasteiger partial charge in [-0.1, -0.05) is 6.07 Å². The quantitative estimate of drug-likeness (QED) is 0.422. The van der Waals surface area contributed by atoms with E-state index in [1.165, 1.54) is 6.92 Å². The van der Waals surface area contributed by atoms with E-state index in [4.69, 9.17) is 4.74 Å². The number of H-pyrrole nitrogens is 1. The molecule has 4 rings (SSSR count). The van der Waals surface area contributed by atoms with Crippen LogP contribution in [-0.2, 0) is 14.4 Å². The molecule has 0 saturated carbocycles. The highest BCUT2D eigenvalue weighted by Gasteiger charge is 2.39. The van der Waals surface area contributed by atoms with Crippen molar-refractivity contribution in [2.75, 3.05) is 10.2 Å². The first-order valence-corrected chi connectivity index (χ1v) is 8.50. The minimum absolute atomic E-state index is 0.0767. The van der Waals surface area contributed by atoms with E-state index in [0.717, 1.165) is 21.5 Å². The molecule has 3 aromatic rings. The molecule has 136 valence electrons. The van der Waals surface area contributed by atoms with Crippen molar-refractivity contribution in [1.29, 1.82) is 0 Å². The molecular weight excluding hydrogens is 346 g/mol. The Morgan fingerprint density at radius 2 is 1.93 bits per heavy atom. The molecule has 2 amide bonds. The molecule has 0 aliphatic carbocycles. The largest absolute Gasteiger partial charge is 0.427 e. The standard InChI is InChI=1S/C20H17N3O4/c1-12(24)27-16-6-4-15(5-7-16)23-19(25)11-18(20(23)26)22-14-3-2-13-8-9-21-17(13)10-14/h2-10,18,21-22H,11H2,1H3. The molecule has 2 aromatic carbocycles. The maximum Gasteiger partial charge on any atom is 0.308 e. The van der Waals surface area contributed by atoms with E-state index in [1.54, 1.807) is 24.3 Å². The fourth-order valence-electron chi connectivity index (χ4n) is 3.18. The van der Waals surface area contributed by atoms with Crippen molar-refractivity contribution in [2.24, 2.45) is 0 Å². The summed E-state index contributed by atoms with van der Waals surface area (Å²) in [6, 6.07) is 13.3. The monoisotopic (exact) mass is 363 g/mol. The number of carbonyl (C=O) groups is 3. The second-order valence-corrected chi connectivity index (χ2v) is 6.34. The highest BCUT2D eigenvalue weighted by atomic mass is 16.5. The van der Waals surface area contributed by atoms with Crippen molar-refractivity contribution in [3.8, 4) is 5.75 Å². The number of carbonyl (C=O) groups excluding carboxylic acids is 3. The lowest BCUT2D eigenvalue weighted by Crippen LogP contribution is -2.34. The number of aromatic nitrogens is 1. The summed E-state index contributed by atoms with van der Waals surface area (Å²) in [5.41, 5.74) is 2.17. The lowest BCUT2D eigenvalue weighted by atomic mass is 10.2. The Balaban J connectivity index is 1.51. The normalized spacial score (nSPS) is 16.8. The van der Waals surface area contributed by atoms with Crippen LogP contribution in [0, 0.1) is 0 Å². The maximum absolute atomic E-state index is 12.7. The number of nitrogens with one attached hydrogen (secondary N) is 2. The van der Waals surface area contributed by atoms with Crippen LogP contribution in [0.3, 0.4) is 0 Å². The third-order valence-corrected chi connectivity index (χ3v) is 4.40. The lowest BCUT2D eigenvalue weighted by Gasteiger charge is -2.16. The number of anilines is 2. The van der Waals surface area contributed by atoms with Crippen molar-refractivity contribution >= 4 is 40.1 Å². The summed E-state index contributed by atoms with van der Waals surface area (Å²) in [6.45, 7) is 1.31. The Hall–Kier alpha value is -3.61. The smallest absolute Gasteiger partial charge is 0.308 e. The minimum atomic E-state index is -0.627. The first-order chi connectivity index (χ1) is 13.0. The van der Waals surface area contributed by atoms with Gasteiger partial charge in [-0.15, -0.1) is 0 Å². The molecule has 7 heteroatoms. The van der Waals surface area contributed by atoms with Crippen LogP contribution in [0.4, 0.5) is 11.4 Å². The summed E-state index contributed by atoms with van der Waals surface area (Å²) in [5.74, 6) is -0.663. The number of hydrogen-bond donors (Lipinski definition) is 2. The van der Waals surface area contributed by atoms with Crippen molar-refractivity contribution in [1.82, 2.24) is 4.98 Å². The van der Waals surface area contributed by atoms with Gasteiger partial charge in [0.2, 0.25) is 5.91 Å². The number of esters is 1. The molecule has 1 aromatic heterocycles. The number of aromatic amines is 1. The molecule has 1 fully saturated rings. The summed E-state index contributed by atoms with van der Waals surface area (Å²) >= 11 is 0. The van der Waals surface area contributed by atoms with Gasteiger partial charge in [0.05, 0.1) is 12.1 Å². The molecule has 0 bridgehead atoms. The Labute approximate surface area is 154 Å². The Kier molecular flexibility index (Phi) is 4.12. The van der Waals surface area contributed by atoms with Crippen LogP contribution in [0.1, 0.15) is 13.3 Å². The molecule has 27 heavy (non-hydrogen) atoms. The van der Waals surface area contributed by atoms with Crippen LogP contribution in [0.2, 0.25) is 0 Å². The zero-order valence-electron chi connectivity index (χ0n) is 14.6. The van der Waals surface area contributed by atoms with Gasteiger partial charge in [0, 0.05) is 24.3 Å². The molecule has 1 atom stereocenters. The van der Waals surface area contributed by atoms with Crippen LogP contribution in [0.15, 0.2) is 54.7 Å². The molecule has 7 nitrogen and oxygen atoms in total. The third kappa shape index (κ3) is 3.27. The highest BCUT2D eigenvalue weighted by Crippen LogP contribution is 2.27. The minimum Gasteiger partial charge on any atom is -0.427 e. The molecule has 1 saturated heterocycles. The van der Waals surface area contributed by atoms with Gasteiger partial charge in [0.1, 0.15) is 11.8 Å². The van der Waals surface area contributed by atoms with Crippen LogP contribution in [0.5, 0.6) is 5.75 Å². The fourth-order valence-corrected chi connectivity index (χ4v) is 3.18. The van der Waals surface area contributed by atoms with E-state index in [1.807, 2.05) is 30.5 Å². The van der Waals surface area contributed by atoms with Gasteiger partial charge in [-0.05, 0) is 47.9 Å². The van der Waals surface area contributed by atoms with Crippen LogP contribution < -0.4 is 15.0 Å². The van der Waals surface area contributed by atoms with E-state index in [0.29, 0.717) is 11.4 Å². The molecule has 1 aliphatic heterocycles. The van der Waals surface area contributed by atoms with Crippen LogP contribution in [-0.4, -0.2) is 28.8 Å². The number of benzene rings is 2. The topological polar surface area (TPSA) is 91.5 Å². The molecule has 2 N–H and O–H groups in total. The lowest BCUT2D eigenvalue weighted by molar-refractivity contribution is -0.132. The van der Waals surface area contributed by atoms with Crippen molar-refractivity contribution in [3.63, 3.8) is 0 Å². The summed E-state index contributed by atoms with van der Waals surface area (Å²) in [7, 11) is 0. The number of rotatable bonds is 4. The van der Waals surface area contributed by atoms with Gasteiger partial charge in [-0.3, -0.25) is 14.4 Å². The molecule has 1 unspecified atom stereocenters. The van der Waals surface area contributed by atoms with Gasteiger partial charge in [-0.25, -0.2) is 4.90 Å². The Morgan fingerprint density at radius 1 is 1.15 bits per heavy atom. The van der Waals surface area contributed by atoms with Crippen molar-refractivity contribution in [2.45, 2.75) is 19.4 Å². The highest BCUT2D eigenvalue weighted by molar-refractivity contribution is 6.23. The van der Waals surface area contributed by atoms with Crippen molar-refractivity contribution in [3.05, 3.63) is 54.7 Å². The number of nitrogens with zero attached hydrogens (tertiary/aromatic N) is 1. The number of fused-ring (bicyclic) bond motifs is 1. The predicted octanol–water partition coefficient (Wildman–Crippen LogP) is 2.84. The van der Waals surface area contributed by atoms with E-state index >= 15 is 0 Å². The van der Waals surface area contributed by atoms with Gasteiger partial charge in [0.25, 0.3) is 5.91 Å². The Bertz CT molecular complexity index is 1040. The van der Waals surface area contributed by atoms with E-state index in [9.17, 15) is 14.4 Å². The molecule has 0 spiro atoms. The van der Waals surface area contributed by atoms with Crippen LogP contribution in [0.25, 0.3) is 10.9 Å². The first kappa shape index (κ1) is 16.8. The molecule has 2 heterocycles. The summed E-state index contributed by atoms with van der Waals surface area (Å²) in [6.07, 6.45) is 1.92. The van der Waals surface area contributed by atoms with E-state index in [-0.39, 0.29) is 18.2 Å². The number of amides is 2. The summed E-state index contributed by atoms with van der Waals surface area (Å²) < 4.78 is 4.97. The predicted molar refractivity (Wildman–Crippen MR) is 101 cm³/mol. The van der Waals surface area contributed by atoms with Crippen molar-refractivity contribution < 1.29 is 19.1 Å². The molecule has 0 radical (unpaired) electrons. The maximum atomic E-state index is 12.7. The van der Waals surface area contributed by atoms with Gasteiger partial charge in [0.15, 0.2) is 0 Å². The molecule has 1 aliphatic rings. The average molecular weight is 363 g/mol. The van der Waals surface area contributed by atoms with Gasteiger partial charge >= 0.3 is 5.97 Å². The Morgan fingerprint density at radius 3 is 2.67 bits per heavy atom. The zero-order valence-corrected chi connectivity index (χ0v) is 14.6. The van der Waals surface area contributed by atoms with E-state index in [2.05, 4.69) is 10.3 Å². The fraction of sp³-hybridized carbons (Fsp3) is 0.150. The number of hydrogen-bond acceptors (Lipinski definition) is 5. The zero-order chi connectivity index (χ0) is 19.0. The third-order valence-electron chi connectivity index (χ3n) is 4.40. The van der Waals surface area contributed by atoms with Crippen LogP contribution >= 0.6 is 0 Å². The molecular formula is C20H17N3O4. The average Bonchev–Trinajstić information content (AvgIpc) is 3.20. The van der Waals surface area contributed by atoms with Gasteiger partial charge < -0.3 is 15.0 Å². The first-order valence-electron chi connectivity index (χ1n) is 8.50. The SMILES string of the molecule is CC(=O)Oc1ccc(N2C(=O)CC(Nc3ccc4cc[nH]c4c3)C2=O)cc1. The number of ether oxygens (including phenoxy) is 1. The summed E-state index contributed by atoms with van der Waals surface area (Å²) in [4.78, 5) is 40.4. The summed E-state index contributed by atoms with van der Waals surface area (Å²) in [5, 5.41) is 4.21. The van der Waals surface area contributed by atoms with E-state index < -0.39 is 12.0 Å². The van der Waals surface area contributed by atoms with Gasteiger partial charge in [-0.2, -0.15) is 0 Å². The number of imide groups is 1.